The van der Waals surface area contributed by atoms with Crippen LogP contribution in [0.3, 0.4) is 0 Å². The molecule has 0 saturated carbocycles. The summed E-state index contributed by atoms with van der Waals surface area (Å²) in [6.45, 7) is 5.83. The van der Waals surface area contributed by atoms with E-state index in [0.717, 1.165) is 15.8 Å². The number of amides is 1. The SMILES string of the molecule is COC(=O)c1[nH]c2ccc(OC)cc2c1SCCNC(=O)OC(C)(C)C. The van der Waals surface area contributed by atoms with Gasteiger partial charge in [0.25, 0.3) is 0 Å². The van der Waals surface area contributed by atoms with Crippen LogP contribution < -0.4 is 10.1 Å². The summed E-state index contributed by atoms with van der Waals surface area (Å²) in [7, 11) is 2.93. The quantitative estimate of drug-likeness (QED) is 0.452. The van der Waals surface area contributed by atoms with E-state index >= 15 is 0 Å². The van der Waals surface area contributed by atoms with E-state index in [0.29, 0.717) is 23.7 Å². The maximum absolute atomic E-state index is 12.1. The largest absolute Gasteiger partial charge is 0.497 e. The fraction of sp³-hybridized carbons (Fsp3) is 0.444. The first-order valence-corrected chi connectivity index (χ1v) is 9.11. The average Bonchev–Trinajstić information content (AvgIpc) is 2.94. The monoisotopic (exact) mass is 380 g/mol. The second-order valence-electron chi connectivity index (χ2n) is 6.51. The topological polar surface area (TPSA) is 89.7 Å². The number of ether oxygens (including phenoxy) is 3. The van der Waals surface area contributed by atoms with Gasteiger partial charge in [0.05, 0.1) is 14.2 Å². The fourth-order valence-corrected chi connectivity index (χ4v) is 3.30. The first-order chi connectivity index (χ1) is 12.2. The molecule has 0 bridgehead atoms. The Bertz CT molecular complexity index is 795. The number of methoxy groups -OCH3 is 2. The number of H-pyrrole nitrogens is 1. The van der Waals surface area contributed by atoms with Gasteiger partial charge in [-0.2, -0.15) is 0 Å². The molecule has 0 saturated heterocycles. The van der Waals surface area contributed by atoms with E-state index in [1.807, 2.05) is 39.0 Å². The number of nitrogens with one attached hydrogen (secondary N) is 2. The summed E-state index contributed by atoms with van der Waals surface area (Å²) in [5, 5.41) is 3.57. The lowest BCUT2D eigenvalue weighted by molar-refractivity contribution is 0.0529. The number of thioether (sulfide) groups is 1. The molecule has 0 radical (unpaired) electrons. The summed E-state index contributed by atoms with van der Waals surface area (Å²) >= 11 is 1.45. The number of aromatic amines is 1. The number of aromatic nitrogens is 1. The number of benzene rings is 1. The van der Waals surface area contributed by atoms with Crippen LogP contribution in [-0.2, 0) is 9.47 Å². The molecule has 0 atom stereocenters. The van der Waals surface area contributed by atoms with Gasteiger partial charge in [-0.25, -0.2) is 9.59 Å². The van der Waals surface area contributed by atoms with Gasteiger partial charge >= 0.3 is 12.1 Å². The average molecular weight is 380 g/mol. The molecular formula is C18H24N2O5S. The van der Waals surface area contributed by atoms with Gasteiger partial charge in [0.15, 0.2) is 0 Å². The molecule has 2 rings (SSSR count). The van der Waals surface area contributed by atoms with E-state index in [9.17, 15) is 9.59 Å². The van der Waals surface area contributed by atoms with Gasteiger partial charge in [-0.1, -0.05) is 0 Å². The minimum atomic E-state index is -0.539. The molecule has 2 N–H and O–H groups in total. The Hall–Kier alpha value is -2.35. The summed E-state index contributed by atoms with van der Waals surface area (Å²) in [6, 6.07) is 5.53. The molecule has 2 aromatic rings. The Balaban J connectivity index is 2.11. The van der Waals surface area contributed by atoms with E-state index in [1.165, 1.54) is 18.9 Å². The standard InChI is InChI=1S/C18H24N2O5S/c1-18(2,3)25-17(22)19-8-9-26-15-12-10-11(23-4)6-7-13(12)20-14(15)16(21)24-5/h6-7,10,20H,8-9H2,1-5H3,(H,19,22). The number of carbonyl (C=O) groups excluding carboxylic acids is 2. The molecule has 1 amide bonds. The van der Waals surface area contributed by atoms with E-state index < -0.39 is 17.7 Å². The van der Waals surface area contributed by atoms with E-state index in [4.69, 9.17) is 14.2 Å². The molecule has 26 heavy (non-hydrogen) atoms. The van der Waals surface area contributed by atoms with Crippen LogP contribution in [0, 0.1) is 0 Å². The van der Waals surface area contributed by atoms with Crippen molar-refractivity contribution in [3.8, 4) is 5.75 Å². The summed E-state index contributed by atoms with van der Waals surface area (Å²) in [5.41, 5.74) is 0.662. The number of alkyl carbamates (subject to hydrolysis) is 1. The number of fused-ring (bicyclic) bond motifs is 1. The van der Waals surface area contributed by atoms with E-state index in [1.54, 1.807) is 7.11 Å². The molecule has 142 valence electrons. The molecule has 0 aliphatic rings. The zero-order valence-electron chi connectivity index (χ0n) is 15.6. The van der Waals surface area contributed by atoms with Crippen molar-refractivity contribution < 1.29 is 23.8 Å². The normalized spacial score (nSPS) is 11.3. The molecule has 1 heterocycles. The minimum Gasteiger partial charge on any atom is -0.497 e. The Morgan fingerprint density at radius 2 is 1.96 bits per heavy atom. The molecule has 0 spiro atoms. The highest BCUT2D eigenvalue weighted by atomic mass is 32.2. The lowest BCUT2D eigenvalue weighted by Crippen LogP contribution is -2.33. The van der Waals surface area contributed by atoms with Gasteiger partial charge < -0.3 is 24.5 Å². The molecule has 1 aromatic carbocycles. The molecule has 1 aromatic heterocycles. The highest BCUT2D eigenvalue weighted by Gasteiger charge is 2.20. The fourth-order valence-electron chi connectivity index (χ4n) is 2.29. The third-order valence-corrected chi connectivity index (χ3v) is 4.49. The molecule has 8 heteroatoms. The first-order valence-electron chi connectivity index (χ1n) is 8.13. The van der Waals surface area contributed by atoms with Crippen molar-refractivity contribution in [2.24, 2.45) is 0 Å². The Morgan fingerprint density at radius 1 is 1.23 bits per heavy atom. The summed E-state index contributed by atoms with van der Waals surface area (Å²) in [4.78, 5) is 27.6. The molecule has 7 nitrogen and oxygen atoms in total. The van der Waals surface area contributed by atoms with Gasteiger partial charge in [-0.05, 0) is 39.0 Å². The lowest BCUT2D eigenvalue weighted by atomic mass is 10.2. The van der Waals surface area contributed by atoms with Crippen LogP contribution in [0.5, 0.6) is 5.75 Å². The van der Waals surface area contributed by atoms with Gasteiger partial charge in [0, 0.05) is 28.1 Å². The number of rotatable bonds is 6. The van der Waals surface area contributed by atoms with Crippen LogP contribution in [0.15, 0.2) is 23.1 Å². The van der Waals surface area contributed by atoms with Gasteiger partial charge in [0.1, 0.15) is 17.0 Å². The predicted molar refractivity (Wildman–Crippen MR) is 101 cm³/mol. The molecule has 0 aliphatic heterocycles. The second kappa shape index (κ2) is 8.35. The second-order valence-corrected chi connectivity index (χ2v) is 7.61. The van der Waals surface area contributed by atoms with Crippen LogP contribution in [-0.4, -0.2) is 49.2 Å². The van der Waals surface area contributed by atoms with E-state index in [2.05, 4.69) is 10.3 Å². The highest BCUT2D eigenvalue weighted by Crippen LogP contribution is 2.34. The Kier molecular flexibility index (Phi) is 6.42. The summed E-state index contributed by atoms with van der Waals surface area (Å²) in [6.07, 6.45) is -0.466. The van der Waals surface area contributed by atoms with Gasteiger partial charge in [-0.3, -0.25) is 0 Å². The van der Waals surface area contributed by atoms with E-state index in [-0.39, 0.29) is 0 Å². The molecule has 0 unspecified atom stereocenters. The van der Waals surface area contributed by atoms with Crippen LogP contribution in [0.2, 0.25) is 0 Å². The van der Waals surface area contributed by atoms with Crippen LogP contribution in [0.1, 0.15) is 31.3 Å². The maximum atomic E-state index is 12.1. The Labute approximate surface area is 156 Å². The van der Waals surface area contributed by atoms with Gasteiger partial charge in [-0.15, -0.1) is 11.8 Å². The smallest absolute Gasteiger partial charge is 0.407 e. The van der Waals surface area contributed by atoms with Crippen molar-refractivity contribution >= 4 is 34.7 Å². The van der Waals surface area contributed by atoms with Crippen molar-refractivity contribution in [1.82, 2.24) is 10.3 Å². The first kappa shape index (κ1) is 20.0. The minimum absolute atomic E-state index is 0.387. The predicted octanol–water partition coefficient (Wildman–Crippen LogP) is 3.58. The van der Waals surface area contributed by atoms with Crippen molar-refractivity contribution in [2.45, 2.75) is 31.3 Å². The third-order valence-electron chi connectivity index (χ3n) is 3.36. The number of hydrogen-bond acceptors (Lipinski definition) is 6. The number of esters is 1. The molecule has 0 fully saturated rings. The van der Waals surface area contributed by atoms with Crippen molar-refractivity contribution in [2.75, 3.05) is 26.5 Å². The van der Waals surface area contributed by atoms with Crippen molar-refractivity contribution in [3.05, 3.63) is 23.9 Å². The zero-order valence-corrected chi connectivity index (χ0v) is 16.4. The molecule has 0 aliphatic carbocycles. The van der Waals surface area contributed by atoms with Crippen LogP contribution in [0.25, 0.3) is 10.9 Å². The van der Waals surface area contributed by atoms with Crippen LogP contribution >= 0.6 is 11.8 Å². The molecular weight excluding hydrogens is 356 g/mol. The maximum Gasteiger partial charge on any atom is 0.407 e. The summed E-state index contributed by atoms with van der Waals surface area (Å²) in [5.74, 6) is 0.817. The van der Waals surface area contributed by atoms with Crippen molar-refractivity contribution in [1.29, 1.82) is 0 Å². The lowest BCUT2D eigenvalue weighted by Gasteiger charge is -2.19. The zero-order chi connectivity index (χ0) is 19.3. The highest BCUT2D eigenvalue weighted by molar-refractivity contribution is 7.99. The Morgan fingerprint density at radius 3 is 2.58 bits per heavy atom. The van der Waals surface area contributed by atoms with Gasteiger partial charge in [0.2, 0.25) is 0 Å². The third kappa shape index (κ3) is 5.08. The van der Waals surface area contributed by atoms with Crippen LogP contribution in [0.4, 0.5) is 4.79 Å². The van der Waals surface area contributed by atoms with Crippen molar-refractivity contribution in [3.63, 3.8) is 0 Å². The summed E-state index contributed by atoms with van der Waals surface area (Å²) < 4.78 is 15.3. The number of hydrogen-bond donors (Lipinski definition) is 2. The number of carbonyl (C=O) groups is 2.